The summed E-state index contributed by atoms with van der Waals surface area (Å²) in [7, 11) is 0. The maximum absolute atomic E-state index is 11.9. The summed E-state index contributed by atoms with van der Waals surface area (Å²) >= 11 is 0. The fraction of sp³-hybridized carbons (Fsp3) is 0.500. The lowest BCUT2D eigenvalue weighted by Crippen LogP contribution is -2.45. The quantitative estimate of drug-likeness (QED) is 0.745. The number of carboxylic acid groups (broad SMARTS) is 1. The van der Waals surface area contributed by atoms with Gasteiger partial charge in [0.05, 0.1) is 6.42 Å². The van der Waals surface area contributed by atoms with Crippen LogP contribution in [0, 0.1) is 5.92 Å². The van der Waals surface area contributed by atoms with Crippen LogP contribution in [0.15, 0.2) is 30.3 Å². The van der Waals surface area contributed by atoms with Gasteiger partial charge in [0, 0.05) is 6.04 Å². The van der Waals surface area contributed by atoms with E-state index in [1.54, 1.807) is 0 Å². The summed E-state index contributed by atoms with van der Waals surface area (Å²) in [4.78, 5) is 22.9. The number of benzene rings is 1. The van der Waals surface area contributed by atoms with Crippen molar-refractivity contribution in [1.82, 2.24) is 10.6 Å². The summed E-state index contributed by atoms with van der Waals surface area (Å²) in [6.07, 6.45) is 1.08. The molecule has 0 bridgehead atoms. The first-order valence-corrected chi connectivity index (χ1v) is 7.55. The fourth-order valence-corrected chi connectivity index (χ4v) is 2.69. The summed E-state index contributed by atoms with van der Waals surface area (Å²) < 4.78 is 5.17. The zero-order valence-corrected chi connectivity index (χ0v) is 12.5. The van der Waals surface area contributed by atoms with Gasteiger partial charge < -0.3 is 20.5 Å². The Hall–Kier alpha value is -2.08. The molecule has 1 amide bonds. The monoisotopic (exact) mass is 306 g/mol. The van der Waals surface area contributed by atoms with Crippen molar-refractivity contribution < 1.29 is 19.4 Å². The van der Waals surface area contributed by atoms with Crippen LogP contribution in [0.4, 0.5) is 4.79 Å². The molecule has 0 radical (unpaired) electrons. The van der Waals surface area contributed by atoms with Crippen LogP contribution in [-0.2, 0) is 16.1 Å². The van der Waals surface area contributed by atoms with E-state index in [1.165, 1.54) is 0 Å². The van der Waals surface area contributed by atoms with Crippen molar-refractivity contribution >= 4 is 12.1 Å². The van der Waals surface area contributed by atoms with Gasteiger partial charge in [0.2, 0.25) is 0 Å². The molecule has 1 aliphatic rings. The molecule has 2 rings (SSSR count). The topological polar surface area (TPSA) is 87.7 Å². The minimum atomic E-state index is -0.910. The summed E-state index contributed by atoms with van der Waals surface area (Å²) in [5.74, 6) is -0.742. The Kier molecular flexibility index (Phi) is 6.21. The Morgan fingerprint density at radius 3 is 2.59 bits per heavy atom. The predicted molar refractivity (Wildman–Crippen MR) is 81.4 cm³/mol. The minimum Gasteiger partial charge on any atom is -0.481 e. The molecule has 0 spiro atoms. The number of hydrogen-bond donors (Lipinski definition) is 3. The number of ether oxygens (including phenoxy) is 1. The Balaban J connectivity index is 1.85. The molecule has 1 aliphatic heterocycles. The lowest BCUT2D eigenvalue weighted by molar-refractivity contribution is -0.137. The van der Waals surface area contributed by atoms with E-state index < -0.39 is 12.1 Å². The third kappa shape index (κ3) is 5.37. The second kappa shape index (κ2) is 8.38. The molecular formula is C16H22N2O4. The van der Waals surface area contributed by atoms with E-state index in [0.29, 0.717) is 0 Å². The molecule has 3 N–H and O–H groups in total. The molecule has 22 heavy (non-hydrogen) atoms. The maximum Gasteiger partial charge on any atom is 0.407 e. The molecule has 0 aromatic heterocycles. The Labute approximate surface area is 129 Å². The molecule has 0 saturated carbocycles. The standard InChI is InChI=1S/C16H22N2O4/c19-15(20)10-14(13-6-8-17-9-7-13)18-16(21)22-11-12-4-2-1-3-5-12/h1-5,13-14,17H,6-11H2,(H,18,21)(H,19,20). The lowest BCUT2D eigenvalue weighted by atomic mass is 9.88. The van der Waals surface area contributed by atoms with Gasteiger partial charge in [0.25, 0.3) is 0 Å². The van der Waals surface area contributed by atoms with E-state index in [-0.39, 0.29) is 25.0 Å². The van der Waals surface area contributed by atoms with E-state index in [2.05, 4.69) is 10.6 Å². The zero-order chi connectivity index (χ0) is 15.8. The van der Waals surface area contributed by atoms with Crippen molar-refractivity contribution in [3.05, 3.63) is 35.9 Å². The molecule has 6 heteroatoms. The number of aliphatic carboxylic acids is 1. The Morgan fingerprint density at radius 1 is 1.27 bits per heavy atom. The number of nitrogens with one attached hydrogen (secondary N) is 2. The van der Waals surface area contributed by atoms with E-state index in [0.717, 1.165) is 31.5 Å². The first-order chi connectivity index (χ1) is 10.6. The normalized spacial score (nSPS) is 16.7. The number of carboxylic acids is 1. The Morgan fingerprint density at radius 2 is 1.95 bits per heavy atom. The van der Waals surface area contributed by atoms with Gasteiger partial charge in [-0.05, 0) is 37.4 Å². The van der Waals surface area contributed by atoms with Crippen LogP contribution in [-0.4, -0.2) is 36.3 Å². The van der Waals surface area contributed by atoms with Crippen LogP contribution in [0.3, 0.4) is 0 Å². The van der Waals surface area contributed by atoms with Crippen LogP contribution in [0.2, 0.25) is 0 Å². The van der Waals surface area contributed by atoms with Crippen LogP contribution in [0.1, 0.15) is 24.8 Å². The number of piperidine rings is 1. The number of carbonyl (C=O) groups excluding carboxylic acids is 1. The molecule has 1 heterocycles. The second-order valence-electron chi connectivity index (χ2n) is 5.50. The zero-order valence-electron chi connectivity index (χ0n) is 12.5. The maximum atomic E-state index is 11.9. The third-order valence-electron chi connectivity index (χ3n) is 3.86. The van der Waals surface area contributed by atoms with Crippen molar-refractivity contribution in [2.24, 2.45) is 5.92 Å². The van der Waals surface area contributed by atoms with Crippen molar-refractivity contribution in [2.75, 3.05) is 13.1 Å². The SMILES string of the molecule is O=C(O)CC(NC(=O)OCc1ccccc1)C1CCNCC1. The number of amides is 1. The molecule has 1 saturated heterocycles. The number of carbonyl (C=O) groups is 2. The first-order valence-electron chi connectivity index (χ1n) is 7.55. The second-order valence-corrected chi connectivity index (χ2v) is 5.50. The molecule has 1 atom stereocenters. The van der Waals surface area contributed by atoms with E-state index in [9.17, 15) is 9.59 Å². The lowest BCUT2D eigenvalue weighted by Gasteiger charge is -2.30. The number of rotatable bonds is 6. The van der Waals surface area contributed by atoms with Gasteiger partial charge in [0.15, 0.2) is 0 Å². The van der Waals surface area contributed by atoms with Crippen LogP contribution < -0.4 is 10.6 Å². The molecule has 1 unspecified atom stereocenters. The Bertz CT molecular complexity index is 486. The summed E-state index contributed by atoms with van der Waals surface area (Å²) in [5.41, 5.74) is 0.898. The largest absolute Gasteiger partial charge is 0.481 e. The summed E-state index contributed by atoms with van der Waals surface area (Å²) in [6.45, 7) is 1.88. The highest BCUT2D eigenvalue weighted by Gasteiger charge is 2.27. The minimum absolute atomic E-state index is 0.0783. The molecule has 6 nitrogen and oxygen atoms in total. The van der Waals surface area contributed by atoms with Crippen LogP contribution >= 0.6 is 0 Å². The molecular weight excluding hydrogens is 284 g/mol. The first kappa shape index (κ1) is 16.3. The van der Waals surface area contributed by atoms with Crippen molar-refractivity contribution in [2.45, 2.75) is 31.9 Å². The van der Waals surface area contributed by atoms with E-state index >= 15 is 0 Å². The van der Waals surface area contributed by atoms with E-state index in [4.69, 9.17) is 9.84 Å². The highest BCUT2D eigenvalue weighted by Crippen LogP contribution is 2.19. The number of hydrogen-bond acceptors (Lipinski definition) is 4. The van der Waals surface area contributed by atoms with Crippen LogP contribution in [0.25, 0.3) is 0 Å². The predicted octanol–water partition coefficient (Wildman–Crippen LogP) is 1.76. The molecule has 1 aromatic carbocycles. The number of alkyl carbamates (subject to hydrolysis) is 1. The average Bonchev–Trinajstić information content (AvgIpc) is 2.54. The van der Waals surface area contributed by atoms with E-state index in [1.807, 2.05) is 30.3 Å². The summed E-state index contributed by atoms with van der Waals surface area (Å²) in [5, 5.41) is 15.0. The molecule has 1 fully saturated rings. The van der Waals surface area contributed by atoms with Crippen LogP contribution in [0.5, 0.6) is 0 Å². The van der Waals surface area contributed by atoms with Gasteiger partial charge >= 0.3 is 12.1 Å². The van der Waals surface area contributed by atoms with Gasteiger partial charge in [-0.2, -0.15) is 0 Å². The smallest absolute Gasteiger partial charge is 0.407 e. The molecule has 0 aliphatic carbocycles. The highest BCUT2D eigenvalue weighted by molar-refractivity contribution is 5.71. The fourth-order valence-electron chi connectivity index (χ4n) is 2.69. The van der Waals surface area contributed by atoms with Gasteiger partial charge in [-0.1, -0.05) is 30.3 Å². The van der Waals surface area contributed by atoms with Crippen molar-refractivity contribution in [3.8, 4) is 0 Å². The highest BCUT2D eigenvalue weighted by atomic mass is 16.5. The van der Waals surface area contributed by atoms with Crippen molar-refractivity contribution in [1.29, 1.82) is 0 Å². The third-order valence-corrected chi connectivity index (χ3v) is 3.86. The molecule has 120 valence electrons. The van der Waals surface area contributed by atoms with Gasteiger partial charge in [0.1, 0.15) is 6.61 Å². The summed E-state index contributed by atoms with van der Waals surface area (Å²) in [6, 6.07) is 8.99. The van der Waals surface area contributed by atoms with Crippen molar-refractivity contribution in [3.63, 3.8) is 0 Å². The van der Waals surface area contributed by atoms with Gasteiger partial charge in [-0.3, -0.25) is 4.79 Å². The molecule has 1 aromatic rings. The van der Waals surface area contributed by atoms with Gasteiger partial charge in [-0.15, -0.1) is 0 Å². The van der Waals surface area contributed by atoms with Gasteiger partial charge in [-0.25, -0.2) is 4.79 Å². The average molecular weight is 306 g/mol.